The summed E-state index contributed by atoms with van der Waals surface area (Å²) in [4.78, 5) is 4.45. The molecular formula is C20H18N4S. The van der Waals surface area contributed by atoms with E-state index in [1.807, 2.05) is 24.3 Å². The second kappa shape index (κ2) is 7.49. The van der Waals surface area contributed by atoms with Crippen molar-refractivity contribution in [3.8, 4) is 11.5 Å². The number of nitrogens with zero attached hydrogens (tertiary/aromatic N) is 4. The van der Waals surface area contributed by atoms with Gasteiger partial charge in [-0.2, -0.15) is 0 Å². The summed E-state index contributed by atoms with van der Waals surface area (Å²) in [5, 5.41) is 9.79. The van der Waals surface area contributed by atoms with E-state index in [1.165, 1.54) is 11.1 Å². The third-order valence-corrected chi connectivity index (χ3v) is 5.07. The van der Waals surface area contributed by atoms with Crippen LogP contribution in [0.1, 0.15) is 12.0 Å². The molecule has 1 aromatic carbocycles. The summed E-state index contributed by atoms with van der Waals surface area (Å²) in [6.07, 6.45) is 9.24. The van der Waals surface area contributed by atoms with Crippen molar-refractivity contribution in [1.82, 2.24) is 19.7 Å². The van der Waals surface area contributed by atoms with Crippen LogP contribution in [0.4, 0.5) is 0 Å². The van der Waals surface area contributed by atoms with E-state index >= 15 is 0 Å². The van der Waals surface area contributed by atoms with Crippen LogP contribution in [0.5, 0.6) is 0 Å². The lowest BCUT2D eigenvalue weighted by molar-refractivity contribution is 0.696. The van der Waals surface area contributed by atoms with Gasteiger partial charge in [0.15, 0.2) is 11.0 Å². The van der Waals surface area contributed by atoms with Gasteiger partial charge in [-0.1, -0.05) is 66.4 Å². The van der Waals surface area contributed by atoms with Gasteiger partial charge in [0.25, 0.3) is 0 Å². The topological polar surface area (TPSA) is 43.6 Å². The van der Waals surface area contributed by atoms with Gasteiger partial charge < -0.3 is 0 Å². The first kappa shape index (κ1) is 15.8. The minimum atomic E-state index is 0.795. The molecule has 0 spiro atoms. The molecule has 0 fully saturated rings. The zero-order chi connectivity index (χ0) is 16.9. The molecule has 0 aliphatic heterocycles. The number of allylic oxidation sites excluding steroid dienone is 4. The van der Waals surface area contributed by atoms with Gasteiger partial charge >= 0.3 is 0 Å². The number of thioether (sulfide) groups is 1. The number of hydrogen-bond donors (Lipinski definition) is 0. The molecule has 25 heavy (non-hydrogen) atoms. The lowest BCUT2D eigenvalue weighted by atomic mass is 10.2. The summed E-state index contributed by atoms with van der Waals surface area (Å²) < 4.78 is 2.18. The molecule has 0 amide bonds. The van der Waals surface area contributed by atoms with Crippen molar-refractivity contribution in [3.05, 3.63) is 84.1 Å². The van der Waals surface area contributed by atoms with E-state index in [0.717, 1.165) is 35.4 Å². The van der Waals surface area contributed by atoms with Crippen molar-refractivity contribution in [3.63, 3.8) is 0 Å². The van der Waals surface area contributed by atoms with Crippen LogP contribution >= 0.6 is 11.8 Å². The molecule has 3 aromatic rings. The molecule has 0 N–H and O–H groups in total. The summed E-state index contributed by atoms with van der Waals surface area (Å²) in [5.74, 6) is 1.70. The fourth-order valence-corrected chi connectivity index (χ4v) is 3.65. The molecule has 2 aromatic heterocycles. The zero-order valence-corrected chi connectivity index (χ0v) is 14.6. The molecule has 0 unspecified atom stereocenters. The largest absolute Gasteiger partial charge is 0.297 e. The van der Waals surface area contributed by atoms with Crippen molar-refractivity contribution >= 4 is 11.8 Å². The van der Waals surface area contributed by atoms with Crippen molar-refractivity contribution in [2.24, 2.45) is 0 Å². The molecule has 0 radical (unpaired) electrons. The third-order valence-electron chi connectivity index (χ3n) is 4.03. The minimum Gasteiger partial charge on any atom is -0.297 e. The third kappa shape index (κ3) is 3.72. The smallest absolute Gasteiger partial charge is 0.192 e. The summed E-state index contributed by atoms with van der Waals surface area (Å²) in [5.41, 5.74) is 3.50. The number of rotatable bonds is 6. The van der Waals surface area contributed by atoms with Gasteiger partial charge in [0.2, 0.25) is 0 Å². The zero-order valence-electron chi connectivity index (χ0n) is 13.7. The van der Waals surface area contributed by atoms with Crippen LogP contribution in [0.3, 0.4) is 0 Å². The minimum absolute atomic E-state index is 0.795. The standard InChI is InChI=1S/C20H18N4S/c1-2-10-17(11-3-1)15-25-20-23-22-19(18-12-6-7-13-21-18)24(20)14-16-8-4-5-9-16/h1-8,10-13H,9,14-15H2. The number of benzene rings is 1. The molecule has 1 aliphatic rings. The number of hydrogen-bond acceptors (Lipinski definition) is 4. The maximum Gasteiger partial charge on any atom is 0.192 e. The van der Waals surface area contributed by atoms with E-state index in [0.29, 0.717) is 0 Å². The molecule has 124 valence electrons. The Balaban J connectivity index is 1.62. The van der Waals surface area contributed by atoms with Gasteiger partial charge in [0.1, 0.15) is 5.69 Å². The normalized spacial score (nSPS) is 13.2. The van der Waals surface area contributed by atoms with Crippen LogP contribution in [0.2, 0.25) is 0 Å². The lowest BCUT2D eigenvalue weighted by Gasteiger charge is -2.10. The molecule has 0 atom stereocenters. The van der Waals surface area contributed by atoms with Gasteiger partial charge in [-0.15, -0.1) is 10.2 Å². The summed E-state index contributed by atoms with van der Waals surface area (Å²) in [7, 11) is 0. The van der Waals surface area contributed by atoms with Crippen molar-refractivity contribution in [2.75, 3.05) is 0 Å². The Morgan fingerprint density at radius 3 is 2.64 bits per heavy atom. The molecule has 2 heterocycles. The van der Waals surface area contributed by atoms with Gasteiger partial charge in [0.05, 0.1) is 0 Å². The van der Waals surface area contributed by atoms with Crippen molar-refractivity contribution in [1.29, 1.82) is 0 Å². The molecule has 0 saturated heterocycles. The average Bonchev–Trinajstić information content (AvgIpc) is 3.32. The second-order valence-corrected chi connectivity index (χ2v) is 6.78. The Morgan fingerprint density at radius 1 is 1.00 bits per heavy atom. The lowest BCUT2D eigenvalue weighted by Crippen LogP contribution is -2.05. The Morgan fingerprint density at radius 2 is 1.88 bits per heavy atom. The van der Waals surface area contributed by atoms with Gasteiger partial charge in [-0.3, -0.25) is 9.55 Å². The number of pyridine rings is 1. The first-order valence-electron chi connectivity index (χ1n) is 8.26. The fraction of sp³-hybridized carbons (Fsp3) is 0.150. The molecule has 5 heteroatoms. The van der Waals surface area contributed by atoms with E-state index < -0.39 is 0 Å². The highest BCUT2D eigenvalue weighted by Crippen LogP contribution is 2.27. The second-order valence-electron chi connectivity index (χ2n) is 5.84. The predicted molar refractivity (Wildman–Crippen MR) is 101 cm³/mol. The van der Waals surface area contributed by atoms with Gasteiger partial charge in [-0.05, 0) is 29.7 Å². The highest BCUT2D eigenvalue weighted by Gasteiger charge is 2.16. The van der Waals surface area contributed by atoms with Crippen molar-refractivity contribution < 1.29 is 0 Å². The van der Waals surface area contributed by atoms with E-state index in [-0.39, 0.29) is 0 Å². The van der Waals surface area contributed by atoms with Crippen LogP contribution < -0.4 is 0 Å². The van der Waals surface area contributed by atoms with Gasteiger partial charge in [0, 0.05) is 18.5 Å². The van der Waals surface area contributed by atoms with Crippen molar-refractivity contribution in [2.45, 2.75) is 23.9 Å². The Kier molecular flexibility index (Phi) is 4.74. The fourth-order valence-electron chi connectivity index (χ4n) is 2.76. The van der Waals surface area contributed by atoms with Crippen LogP contribution in [0, 0.1) is 0 Å². The molecule has 1 aliphatic carbocycles. The molecule has 0 bridgehead atoms. The first-order valence-corrected chi connectivity index (χ1v) is 9.24. The van der Waals surface area contributed by atoms with E-state index in [1.54, 1.807) is 18.0 Å². The highest BCUT2D eigenvalue weighted by molar-refractivity contribution is 7.98. The van der Waals surface area contributed by atoms with Crippen LogP contribution in [0.25, 0.3) is 11.5 Å². The highest BCUT2D eigenvalue weighted by atomic mass is 32.2. The molecule has 4 nitrogen and oxygen atoms in total. The Bertz CT molecular complexity index is 898. The summed E-state index contributed by atoms with van der Waals surface area (Å²) in [6.45, 7) is 0.795. The summed E-state index contributed by atoms with van der Waals surface area (Å²) >= 11 is 1.71. The average molecular weight is 346 g/mol. The predicted octanol–water partition coefficient (Wildman–Crippen LogP) is 4.52. The molecule has 0 saturated carbocycles. The molecule has 4 rings (SSSR count). The Labute approximate surface area is 151 Å². The first-order chi connectivity index (χ1) is 12.4. The summed E-state index contributed by atoms with van der Waals surface area (Å²) in [6, 6.07) is 16.3. The van der Waals surface area contributed by atoms with Crippen LogP contribution in [-0.4, -0.2) is 19.7 Å². The number of aromatic nitrogens is 4. The van der Waals surface area contributed by atoms with E-state index in [4.69, 9.17) is 0 Å². The van der Waals surface area contributed by atoms with Crippen LogP contribution in [-0.2, 0) is 12.3 Å². The monoisotopic (exact) mass is 346 g/mol. The Hall–Kier alpha value is -2.66. The SMILES string of the molecule is C1=CCC(Cn2c(SCc3ccccc3)nnc2-c2ccccn2)=C1. The van der Waals surface area contributed by atoms with E-state index in [9.17, 15) is 0 Å². The maximum absolute atomic E-state index is 4.45. The van der Waals surface area contributed by atoms with E-state index in [2.05, 4.69) is 62.2 Å². The molecular weight excluding hydrogens is 328 g/mol. The quantitative estimate of drug-likeness (QED) is 0.616. The van der Waals surface area contributed by atoms with Gasteiger partial charge in [-0.25, -0.2) is 0 Å². The van der Waals surface area contributed by atoms with Crippen LogP contribution in [0.15, 0.2) is 83.7 Å². The maximum atomic E-state index is 4.45.